The molecule has 0 unspecified atom stereocenters. The van der Waals surface area contributed by atoms with Crippen LogP contribution in [0.15, 0.2) is 24.5 Å². The van der Waals surface area contributed by atoms with E-state index < -0.39 is 0 Å². The van der Waals surface area contributed by atoms with Gasteiger partial charge in [0.15, 0.2) is 10.6 Å². The van der Waals surface area contributed by atoms with Gasteiger partial charge in [0.25, 0.3) is 0 Å². The van der Waals surface area contributed by atoms with E-state index in [9.17, 15) is 0 Å². The molecule has 2 aromatic heterocycles. The average Bonchev–Trinajstić information content (AvgIpc) is 3.07. The first-order valence-electron chi connectivity index (χ1n) is 6.90. The number of hydrogen-bond acceptors (Lipinski definition) is 3. The average molecular weight is 274 g/mol. The van der Waals surface area contributed by atoms with Crippen LogP contribution in [0, 0.1) is 10.7 Å². The molecule has 0 spiro atoms. The van der Waals surface area contributed by atoms with Gasteiger partial charge in [-0.2, -0.15) is 5.10 Å². The Hall–Kier alpha value is -1.49. The minimum Gasteiger partial charge on any atom is -0.300 e. The summed E-state index contributed by atoms with van der Waals surface area (Å²) in [4.78, 5) is 4.04. The standard InChI is InChI=1S/C14H18N4S/c19-14-17-16-13(12-5-8-15-9-6-12)18(14)10-7-11-3-1-2-4-11/h5-6,8-9,11H,1-4,7,10H2,(H,17,19). The molecule has 1 aliphatic carbocycles. The van der Waals surface area contributed by atoms with Gasteiger partial charge in [-0.3, -0.25) is 10.1 Å². The minimum absolute atomic E-state index is 0.713. The van der Waals surface area contributed by atoms with Crippen LogP contribution in [-0.4, -0.2) is 19.7 Å². The lowest BCUT2D eigenvalue weighted by Gasteiger charge is -2.11. The number of hydrogen-bond donors (Lipinski definition) is 1. The summed E-state index contributed by atoms with van der Waals surface area (Å²) >= 11 is 5.34. The first-order chi connectivity index (χ1) is 9.34. The van der Waals surface area contributed by atoms with Gasteiger partial charge in [0, 0.05) is 24.5 Å². The molecule has 3 rings (SSSR count). The lowest BCUT2D eigenvalue weighted by molar-refractivity contribution is 0.457. The molecule has 4 nitrogen and oxygen atoms in total. The molecule has 1 N–H and O–H groups in total. The highest BCUT2D eigenvalue weighted by Gasteiger charge is 2.16. The van der Waals surface area contributed by atoms with Crippen LogP contribution in [0.5, 0.6) is 0 Å². The Morgan fingerprint density at radius 2 is 2.00 bits per heavy atom. The fraction of sp³-hybridized carbons (Fsp3) is 0.500. The maximum atomic E-state index is 5.34. The van der Waals surface area contributed by atoms with Gasteiger partial charge in [-0.05, 0) is 36.7 Å². The van der Waals surface area contributed by atoms with Crippen molar-refractivity contribution in [2.24, 2.45) is 5.92 Å². The summed E-state index contributed by atoms with van der Waals surface area (Å²) in [6, 6.07) is 3.94. The van der Waals surface area contributed by atoms with Gasteiger partial charge in [-0.1, -0.05) is 25.7 Å². The molecule has 1 saturated carbocycles. The predicted octanol–water partition coefficient (Wildman–Crippen LogP) is 3.58. The fourth-order valence-corrected chi connectivity index (χ4v) is 3.08. The number of nitrogens with zero attached hydrogens (tertiary/aromatic N) is 3. The fourth-order valence-electron chi connectivity index (χ4n) is 2.86. The molecule has 0 atom stereocenters. The van der Waals surface area contributed by atoms with Gasteiger partial charge >= 0.3 is 0 Å². The third kappa shape index (κ3) is 2.76. The lowest BCUT2D eigenvalue weighted by Crippen LogP contribution is -2.05. The van der Waals surface area contributed by atoms with Crippen molar-refractivity contribution in [3.8, 4) is 11.4 Å². The maximum Gasteiger partial charge on any atom is 0.195 e. The highest BCUT2D eigenvalue weighted by molar-refractivity contribution is 7.71. The first kappa shape index (κ1) is 12.5. The third-order valence-electron chi connectivity index (χ3n) is 3.93. The van der Waals surface area contributed by atoms with E-state index in [-0.39, 0.29) is 0 Å². The Kier molecular flexibility index (Phi) is 3.73. The number of aromatic amines is 1. The molecule has 0 radical (unpaired) electrons. The van der Waals surface area contributed by atoms with Crippen LogP contribution in [0.2, 0.25) is 0 Å². The smallest absolute Gasteiger partial charge is 0.195 e. The van der Waals surface area contributed by atoms with Crippen LogP contribution in [0.25, 0.3) is 11.4 Å². The Bertz CT molecular complexity index is 581. The quantitative estimate of drug-likeness (QED) is 0.867. The second-order valence-electron chi connectivity index (χ2n) is 5.18. The van der Waals surface area contributed by atoms with E-state index in [1.54, 1.807) is 12.4 Å². The van der Waals surface area contributed by atoms with Crippen molar-refractivity contribution in [1.82, 2.24) is 19.7 Å². The summed E-state index contributed by atoms with van der Waals surface area (Å²) in [5.41, 5.74) is 1.06. The van der Waals surface area contributed by atoms with E-state index in [2.05, 4.69) is 19.7 Å². The van der Waals surface area contributed by atoms with Crippen LogP contribution >= 0.6 is 12.2 Å². The largest absolute Gasteiger partial charge is 0.300 e. The molecule has 2 heterocycles. The Morgan fingerprint density at radius 3 is 2.74 bits per heavy atom. The normalized spacial score (nSPS) is 16.0. The van der Waals surface area contributed by atoms with Crippen molar-refractivity contribution in [2.45, 2.75) is 38.6 Å². The minimum atomic E-state index is 0.713. The van der Waals surface area contributed by atoms with E-state index in [4.69, 9.17) is 12.2 Å². The van der Waals surface area contributed by atoms with Crippen molar-refractivity contribution >= 4 is 12.2 Å². The predicted molar refractivity (Wildman–Crippen MR) is 77.2 cm³/mol. The monoisotopic (exact) mass is 274 g/mol. The molecule has 1 aliphatic rings. The van der Waals surface area contributed by atoms with E-state index in [1.165, 1.54) is 32.1 Å². The Morgan fingerprint density at radius 1 is 1.26 bits per heavy atom. The van der Waals surface area contributed by atoms with E-state index in [1.807, 2.05) is 12.1 Å². The van der Waals surface area contributed by atoms with Crippen molar-refractivity contribution in [3.05, 3.63) is 29.3 Å². The molecular formula is C14H18N4S. The number of nitrogens with one attached hydrogen (secondary N) is 1. The molecule has 0 bridgehead atoms. The van der Waals surface area contributed by atoms with Crippen LogP contribution in [0.4, 0.5) is 0 Å². The second-order valence-corrected chi connectivity index (χ2v) is 5.57. The second kappa shape index (κ2) is 5.65. The zero-order valence-corrected chi connectivity index (χ0v) is 11.7. The number of aromatic nitrogens is 4. The van der Waals surface area contributed by atoms with Gasteiger partial charge in [0.05, 0.1) is 0 Å². The van der Waals surface area contributed by atoms with Crippen LogP contribution in [-0.2, 0) is 6.54 Å². The molecule has 1 fully saturated rings. The summed E-state index contributed by atoms with van der Waals surface area (Å²) in [6.07, 6.45) is 10.3. The van der Waals surface area contributed by atoms with Gasteiger partial charge in [-0.15, -0.1) is 0 Å². The van der Waals surface area contributed by atoms with Crippen LogP contribution < -0.4 is 0 Å². The summed E-state index contributed by atoms with van der Waals surface area (Å²) in [6.45, 7) is 0.956. The van der Waals surface area contributed by atoms with Crippen LogP contribution in [0.1, 0.15) is 32.1 Å². The SMILES string of the molecule is S=c1[nH]nc(-c2ccncc2)n1CCC1CCCC1. The summed E-state index contributed by atoms with van der Waals surface area (Å²) in [5.74, 6) is 1.78. The Labute approximate surface area is 117 Å². The zero-order valence-electron chi connectivity index (χ0n) is 10.9. The molecule has 5 heteroatoms. The van der Waals surface area contributed by atoms with E-state index in [0.29, 0.717) is 4.77 Å². The highest BCUT2D eigenvalue weighted by atomic mass is 32.1. The highest BCUT2D eigenvalue weighted by Crippen LogP contribution is 2.28. The van der Waals surface area contributed by atoms with Gasteiger partial charge in [-0.25, -0.2) is 0 Å². The third-order valence-corrected chi connectivity index (χ3v) is 4.24. The van der Waals surface area contributed by atoms with Crippen molar-refractivity contribution in [2.75, 3.05) is 0 Å². The molecule has 0 aromatic carbocycles. The van der Waals surface area contributed by atoms with E-state index >= 15 is 0 Å². The van der Waals surface area contributed by atoms with Crippen molar-refractivity contribution < 1.29 is 0 Å². The topological polar surface area (TPSA) is 46.5 Å². The van der Waals surface area contributed by atoms with Gasteiger partial charge in [0.1, 0.15) is 0 Å². The molecule has 100 valence electrons. The van der Waals surface area contributed by atoms with Crippen molar-refractivity contribution in [3.63, 3.8) is 0 Å². The number of pyridine rings is 1. The maximum absolute atomic E-state index is 5.34. The van der Waals surface area contributed by atoms with Gasteiger partial charge in [0.2, 0.25) is 0 Å². The number of H-pyrrole nitrogens is 1. The lowest BCUT2D eigenvalue weighted by atomic mass is 10.0. The van der Waals surface area contributed by atoms with Gasteiger partial charge < -0.3 is 4.57 Å². The molecule has 0 amide bonds. The molecule has 0 saturated heterocycles. The summed E-state index contributed by atoms with van der Waals surface area (Å²) in [7, 11) is 0. The Balaban J connectivity index is 1.80. The molecule has 19 heavy (non-hydrogen) atoms. The van der Waals surface area contributed by atoms with Crippen LogP contribution in [0.3, 0.4) is 0 Å². The molecule has 0 aliphatic heterocycles. The number of rotatable bonds is 4. The molecule has 2 aromatic rings. The molecular weight excluding hydrogens is 256 g/mol. The first-order valence-corrected chi connectivity index (χ1v) is 7.31. The zero-order chi connectivity index (χ0) is 13.1. The summed E-state index contributed by atoms with van der Waals surface area (Å²) in [5, 5.41) is 7.26. The van der Waals surface area contributed by atoms with E-state index in [0.717, 1.165) is 23.9 Å². The van der Waals surface area contributed by atoms with Crippen molar-refractivity contribution in [1.29, 1.82) is 0 Å². The summed E-state index contributed by atoms with van der Waals surface area (Å²) < 4.78 is 2.83.